The molecule has 0 saturated carbocycles. The van der Waals surface area contributed by atoms with Gasteiger partial charge >= 0.3 is 0 Å². The largest absolute Gasteiger partial charge is 0.488 e. The molecule has 3 aromatic rings. The van der Waals surface area contributed by atoms with Gasteiger partial charge in [-0.3, -0.25) is 14.3 Å². The van der Waals surface area contributed by atoms with E-state index >= 15 is 0 Å². The van der Waals surface area contributed by atoms with Gasteiger partial charge in [0.2, 0.25) is 0 Å². The van der Waals surface area contributed by atoms with E-state index in [0.29, 0.717) is 11.4 Å². The van der Waals surface area contributed by atoms with Gasteiger partial charge in [-0.05, 0) is 31.5 Å². The van der Waals surface area contributed by atoms with Gasteiger partial charge in [-0.25, -0.2) is 4.39 Å². The maximum Gasteiger partial charge on any atom is 0.293 e. The average molecular weight is 395 g/mol. The first-order valence-electron chi connectivity index (χ1n) is 9.16. The number of halogens is 1. The Labute approximate surface area is 168 Å². The number of nitrogens with one attached hydrogen (secondary N) is 1. The van der Waals surface area contributed by atoms with Crippen LogP contribution >= 0.6 is 0 Å². The summed E-state index contributed by atoms with van der Waals surface area (Å²) in [6.07, 6.45) is 0. The van der Waals surface area contributed by atoms with Gasteiger partial charge in [0.15, 0.2) is 11.6 Å². The van der Waals surface area contributed by atoms with Crippen LogP contribution in [0.4, 0.5) is 4.39 Å². The average Bonchev–Trinajstić information content (AvgIpc) is 2.97. The number of Topliss-reactive ketones (excluding diaryl/α,β-unsaturated/α-hetero) is 1. The lowest BCUT2D eigenvalue weighted by atomic mass is 10.1. The zero-order valence-electron chi connectivity index (χ0n) is 16.5. The number of nitrogens with zero attached hydrogens (tertiary/aromatic N) is 2. The highest BCUT2D eigenvalue weighted by Gasteiger charge is 2.26. The van der Waals surface area contributed by atoms with E-state index in [0.717, 1.165) is 5.56 Å². The molecule has 29 heavy (non-hydrogen) atoms. The zero-order valence-corrected chi connectivity index (χ0v) is 16.5. The van der Waals surface area contributed by atoms with E-state index in [1.165, 1.54) is 12.1 Å². The lowest BCUT2D eigenvalue weighted by Gasteiger charge is -2.20. The van der Waals surface area contributed by atoms with E-state index in [1.54, 1.807) is 49.8 Å². The molecule has 0 spiro atoms. The number of ether oxygens (including phenoxy) is 1. The predicted octanol–water partition coefficient (Wildman–Crippen LogP) is 3.30. The van der Waals surface area contributed by atoms with Crippen molar-refractivity contribution in [2.45, 2.75) is 19.9 Å². The number of aryl methyl sites for hydroxylation is 2. The summed E-state index contributed by atoms with van der Waals surface area (Å²) in [5.41, 5.74) is 2.13. The van der Waals surface area contributed by atoms with Crippen molar-refractivity contribution >= 4 is 11.7 Å². The van der Waals surface area contributed by atoms with E-state index in [4.69, 9.17) is 4.74 Å². The Kier molecular flexibility index (Phi) is 6.07. The standard InChI is InChI=1S/C22H22FN3O3/c1-14-20(15(2)26(3)25-14)21(27)22(28)24-18(16-9-5-4-6-10-16)13-29-19-12-8-7-11-17(19)23/h4-12,18H,13H2,1-3H3,(H,24,28)/t18-/m0/s1. The van der Waals surface area contributed by atoms with Gasteiger partial charge in [-0.15, -0.1) is 0 Å². The van der Waals surface area contributed by atoms with E-state index in [2.05, 4.69) is 10.4 Å². The fourth-order valence-electron chi connectivity index (χ4n) is 3.08. The summed E-state index contributed by atoms with van der Waals surface area (Å²) in [4.78, 5) is 25.4. The van der Waals surface area contributed by atoms with Crippen molar-refractivity contribution in [2.24, 2.45) is 7.05 Å². The number of aromatic nitrogens is 2. The first-order chi connectivity index (χ1) is 13.9. The third-order valence-corrected chi connectivity index (χ3v) is 4.69. The van der Waals surface area contributed by atoms with Crippen LogP contribution in [0.1, 0.15) is 33.4 Å². The number of para-hydroxylation sites is 1. The Balaban J connectivity index is 1.80. The second-order valence-corrected chi connectivity index (χ2v) is 6.68. The maximum absolute atomic E-state index is 13.9. The van der Waals surface area contributed by atoms with Crippen molar-refractivity contribution in [2.75, 3.05) is 6.61 Å². The molecule has 1 N–H and O–H groups in total. The molecule has 1 atom stereocenters. The molecule has 6 nitrogen and oxygen atoms in total. The summed E-state index contributed by atoms with van der Waals surface area (Å²) in [6.45, 7) is 3.38. The molecule has 0 aliphatic carbocycles. The van der Waals surface area contributed by atoms with Crippen LogP contribution < -0.4 is 10.1 Å². The Morgan fingerprint density at radius 2 is 1.76 bits per heavy atom. The third kappa shape index (κ3) is 4.51. The molecule has 1 heterocycles. The topological polar surface area (TPSA) is 73.2 Å². The minimum Gasteiger partial charge on any atom is -0.488 e. The zero-order chi connectivity index (χ0) is 21.0. The summed E-state index contributed by atoms with van der Waals surface area (Å²) in [5, 5.41) is 6.90. The van der Waals surface area contributed by atoms with Crippen LogP contribution in [0.15, 0.2) is 54.6 Å². The van der Waals surface area contributed by atoms with E-state index in [9.17, 15) is 14.0 Å². The van der Waals surface area contributed by atoms with Crippen LogP contribution in [-0.2, 0) is 11.8 Å². The molecule has 0 fully saturated rings. The highest BCUT2D eigenvalue weighted by Crippen LogP contribution is 2.20. The fraction of sp³-hybridized carbons (Fsp3) is 0.227. The summed E-state index contributed by atoms with van der Waals surface area (Å²) >= 11 is 0. The highest BCUT2D eigenvalue weighted by molar-refractivity contribution is 6.43. The van der Waals surface area contributed by atoms with Crippen LogP contribution in [0, 0.1) is 19.7 Å². The van der Waals surface area contributed by atoms with E-state index < -0.39 is 23.5 Å². The van der Waals surface area contributed by atoms with Crippen LogP contribution in [0.5, 0.6) is 5.75 Å². The summed E-state index contributed by atoms with van der Waals surface area (Å²) < 4.78 is 21.0. The number of carbonyl (C=O) groups excluding carboxylic acids is 2. The SMILES string of the molecule is Cc1nn(C)c(C)c1C(=O)C(=O)N[C@@H](COc1ccccc1F)c1ccccc1. The van der Waals surface area contributed by atoms with Crippen LogP contribution in [-0.4, -0.2) is 28.1 Å². The third-order valence-electron chi connectivity index (χ3n) is 4.69. The summed E-state index contributed by atoms with van der Waals surface area (Å²) in [6, 6.07) is 14.5. The predicted molar refractivity (Wildman–Crippen MR) is 106 cm³/mol. The number of rotatable bonds is 7. The Hall–Kier alpha value is -3.48. The van der Waals surface area contributed by atoms with Gasteiger partial charge in [-0.2, -0.15) is 5.10 Å². The van der Waals surface area contributed by atoms with Gasteiger partial charge < -0.3 is 10.1 Å². The van der Waals surface area contributed by atoms with E-state index in [1.807, 2.05) is 18.2 Å². The molecular weight excluding hydrogens is 373 g/mol. The molecular formula is C22H22FN3O3. The lowest BCUT2D eigenvalue weighted by molar-refractivity contribution is -0.118. The van der Waals surface area contributed by atoms with Gasteiger partial charge in [0.25, 0.3) is 11.7 Å². The van der Waals surface area contributed by atoms with Gasteiger partial charge in [0, 0.05) is 12.7 Å². The second kappa shape index (κ2) is 8.68. The van der Waals surface area contributed by atoms with Crippen molar-refractivity contribution in [1.82, 2.24) is 15.1 Å². The number of carbonyl (C=O) groups is 2. The van der Waals surface area contributed by atoms with Crippen molar-refractivity contribution in [3.05, 3.63) is 82.9 Å². The van der Waals surface area contributed by atoms with Crippen molar-refractivity contribution < 1.29 is 18.7 Å². The molecule has 0 aliphatic rings. The highest BCUT2D eigenvalue weighted by atomic mass is 19.1. The monoisotopic (exact) mass is 395 g/mol. The summed E-state index contributed by atoms with van der Waals surface area (Å²) in [5.74, 6) is -1.86. The number of benzene rings is 2. The molecule has 7 heteroatoms. The molecule has 0 unspecified atom stereocenters. The minimum absolute atomic E-state index is 0.0328. The fourth-order valence-corrected chi connectivity index (χ4v) is 3.08. The van der Waals surface area contributed by atoms with Gasteiger partial charge in [-0.1, -0.05) is 42.5 Å². The Morgan fingerprint density at radius 1 is 1.10 bits per heavy atom. The molecule has 1 amide bonds. The molecule has 150 valence electrons. The minimum atomic E-state index is -0.768. The lowest BCUT2D eigenvalue weighted by Crippen LogP contribution is -2.37. The quantitative estimate of drug-likeness (QED) is 0.492. The van der Waals surface area contributed by atoms with Crippen LogP contribution in [0.2, 0.25) is 0 Å². The van der Waals surface area contributed by atoms with Crippen molar-refractivity contribution in [3.8, 4) is 5.75 Å². The molecule has 0 radical (unpaired) electrons. The number of hydrogen-bond donors (Lipinski definition) is 1. The summed E-state index contributed by atoms with van der Waals surface area (Å²) in [7, 11) is 1.71. The first-order valence-corrected chi connectivity index (χ1v) is 9.16. The van der Waals surface area contributed by atoms with Crippen molar-refractivity contribution in [1.29, 1.82) is 0 Å². The number of ketones is 1. The van der Waals surface area contributed by atoms with E-state index in [-0.39, 0.29) is 17.9 Å². The van der Waals surface area contributed by atoms with Gasteiger partial charge in [0.1, 0.15) is 6.61 Å². The normalized spacial score (nSPS) is 11.7. The van der Waals surface area contributed by atoms with Gasteiger partial charge in [0.05, 0.1) is 17.3 Å². The Bertz CT molecular complexity index is 1030. The smallest absolute Gasteiger partial charge is 0.293 e. The molecule has 3 rings (SSSR count). The van der Waals surface area contributed by atoms with Crippen LogP contribution in [0.3, 0.4) is 0 Å². The number of hydrogen-bond acceptors (Lipinski definition) is 4. The number of amides is 1. The molecule has 0 saturated heterocycles. The van der Waals surface area contributed by atoms with Crippen LogP contribution in [0.25, 0.3) is 0 Å². The maximum atomic E-state index is 13.9. The molecule has 0 bridgehead atoms. The second-order valence-electron chi connectivity index (χ2n) is 6.68. The Morgan fingerprint density at radius 3 is 2.38 bits per heavy atom. The molecule has 1 aromatic heterocycles. The molecule has 2 aromatic carbocycles. The van der Waals surface area contributed by atoms with Crippen molar-refractivity contribution in [3.63, 3.8) is 0 Å². The first kappa shape index (κ1) is 20.3. The molecule has 0 aliphatic heterocycles.